The highest BCUT2D eigenvalue weighted by atomic mass is 19.4. The molecule has 0 spiro atoms. The maximum absolute atomic E-state index is 12.3. The van der Waals surface area contributed by atoms with Crippen molar-refractivity contribution in [1.29, 1.82) is 0 Å². The summed E-state index contributed by atoms with van der Waals surface area (Å²) in [7, 11) is 0. The molecule has 2 rings (SSSR count). The predicted molar refractivity (Wildman–Crippen MR) is 53.0 cm³/mol. The van der Waals surface area contributed by atoms with Crippen molar-refractivity contribution >= 4 is 5.95 Å². The van der Waals surface area contributed by atoms with Crippen molar-refractivity contribution in [3.8, 4) is 0 Å². The molecule has 0 amide bonds. The van der Waals surface area contributed by atoms with E-state index in [-0.39, 0.29) is 0 Å². The molecule has 0 saturated heterocycles. The van der Waals surface area contributed by atoms with Crippen LogP contribution in [0.2, 0.25) is 0 Å². The first-order chi connectivity index (χ1) is 7.57. The summed E-state index contributed by atoms with van der Waals surface area (Å²) in [6.45, 7) is 1.38. The second-order valence-electron chi connectivity index (χ2n) is 3.48. The molecule has 2 heterocycles. The molecule has 1 aromatic heterocycles. The van der Waals surface area contributed by atoms with Crippen molar-refractivity contribution in [3.63, 3.8) is 0 Å². The smallest absolute Gasteiger partial charge is 0.337 e. The summed E-state index contributed by atoms with van der Waals surface area (Å²) < 4.78 is 36.8. The summed E-state index contributed by atoms with van der Waals surface area (Å²) in [5.41, 5.74) is -0.816. The van der Waals surface area contributed by atoms with Crippen molar-refractivity contribution in [2.75, 3.05) is 18.0 Å². The Balaban J connectivity index is 2.16. The van der Waals surface area contributed by atoms with Gasteiger partial charge in [0.1, 0.15) is 0 Å². The average molecular weight is 229 g/mol. The minimum atomic E-state index is -4.37. The van der Waals surface area contributed by atoms with Gasteiger partial charge in [-0.3, -0.25) is 0 Å². The number of nitrogens with zero attached hydrogens (tertiary/aromatic N) is 3. The van der Waals surface area contributed by atoms with E-state index in [1.165, 1.54) is 0 Å². The van der Waals surface area contributed by atoms with Gasteiger partial charge < -0.3 is 4.90 Å². The summed E-state index contributed by atoms with van der Waals surface area (Å²) in [4.78, 5) is 9.29. The van der Waals surface area contributed by atoms with Crippen LogP contribution in [0.3, 0.4) is 0 Å². The van der Waals surface area contributed by atoms with E-state index in [4.69, 9.17) is 0 Å². The summed E-state index contributed by atoms with van der Waals surface area (Å²) in [5, 5.41) is 0. The summed E-state index contributed by atoms with van der Waals surface area (Å²) in [5.74, 6) is 0.345. The molecule has 0 aliphatic carbocycles. The van der Waals surface area contributed by atoms with Gasteiger partial charge in [-0.15, -0.1) is 0 Å². The summed E-state index contributed by atoms with van der Waals surface area (Å²) in [6, 6.07) is 0. The van der Waals surface area contributed by atoms with E-state index in [9.17, 15) is 13.2 Å². The monoisotopic (exact) mass is 229 g/mol. The molecule has 0 aromatic carbocycles. The molecule has 0 bridgehead atoms. The van der Waals surface area contributed by atoms with Crippen molar-refractivity contribution in [3.05, 3.63) is 30.1 Å². The van der Waals surface area contributed by atoms with E-state index in [1.54, 1.807) is 0 Å². The Hall–Kier alpha value is -1.59. The first-order valence-electron chi connectivity index (χ1n) is 4.86. The largest absolute Gasteiger partial charge is 0.419 e. The van der Waals surface area contributed by atoms with Crippen molar-refractivity contribution in [1.82, 2.24) is 9.97 Å². The quantitative estimate of drug-likeness (QED) is 0.692. The highest BCUT2D eigenvalue weighted by Crippen LogP contribution is 2.28. The van der Waals surface area contributed by atoms with Crippen LogP contribution in [0.4, 0.5) is 19.1 Å². The molecular weight excluding hydrogens is 219 g/mol. The van der Waals surface area contributed by atoms with Crippen molar-refractivity contribution in [2.45, 2.75) is 12.6 Å². The van der Waals surface area contributed by atoms with Gasteiger partial charge in [-0.1, -0.05) is 12.2 Å². The molecule has 0 atom stereocenters. The van der Waals surface area contributed by atoms with E-state index in [1.807, 2.05) is 17.1 Å². The minimum absolute atomic E-state index is 0.345. The lowest BCUT2D eigenvalue weighted by atomic mass is 10.2. The van der Waals surface area contributed by atoms with Crippen LogP contribution in [0.5, 0.6) is 0 Å². The summed E-state index contributed by atoms with van der Waals surface area (Å²) >= 11 is 0. The molecule has 86 valence electrons. The molecule has 1 aliphatic heterocycles. The first kappa shape index (κ1) is 10.9. The van der Waals surface area contributed by atoms with E-state index in [0.717, 1.165) is 25.4 Å². The molecule has 0 N–H and O–H groups in total. The number of hydrogen-bond acceptors (Lipinski definition) is 3. The Labute approximate surface area is 90.6 Å². The molecule has 6 heteroatoms. The Morgan fingerprint density at radius 3 is 2.31 bits per heavy atom. The standard InChI is InChI=1S/C10H10F3N3/c11-10(12,13)8-6-14-9(15-7-8)16-4-2-1-3-5-16/h1-2,6-7H,3-5H2. The molecule has 3 nitrogen and oxygen atoms in total. The van der Waals surface area contributed by atoms with Crippen molar-refractivity contribution < 1.29 is 13.2 Å². The molecular formula is C10H10F3N3. The molecule has 1 aliphatic rings. The Morgan fingerprint density at radius 1 is 1.12 bits per heavy atom. The van der Waals surface area contributed by atoms with Gasteiger partial charge in [0.2, 0.25) is 5.95 Å². The topological polar surface area (TPSA) is 29.0 Å². The number of anilines is 1. The van der Waals surface area contributed by atoms with Gasteiger partial charge in [0.15, 0.2) is 0 Å². The van der Waals surface area contributed by atoms with Gasteiger partial charge in [-0.05, 0) is 6.42 Å². The molecule has 0 fully saturated rings. The van der Waals surface area contributed by atoms with Crippen LogP contribution in [-0.2, 0) is 6.18 Å². The SMILES string of the molecule is FC(F)(F)c1cnc(N2CC=CCC2)nc1. The molecule has 0 unspecified atom stereocenters. The maximum Gasteiger partial charge on any atom is 0.419 e. The fourth-order valence-corrected chi connectivity index (χ4v) is 1.45. The Kier molecular flexibility index (Phi) is 2.80. The zero-order chi connectivity index (χ0) is 11.6. The lowest BCUT2D eigenvalue weighted by molar-refractivity contribution is -0.138. The van der Waals surface area contributed by atoms with Gasteiger partial charge >= 0.3 is 6.18 Å². The Morgan fingerprint density at radius 2 is 1.81 bits per heavy atom. The second kappa shape index (κ2) is 4.11. The van der Waals surface area contributed by atoms with Gasteiger partial charge in [0.25, 0.3) is 0 Å². The number of alkyl halides is 3. The molecule has 16 heavy (non-hydrogen) atoms. The third kappa shape index (κ3) is 2.32. The highest BCUT2D eigenvalue weighted by molar-refractivity contribution is 5.33. The van der Waals surface area contributed by atoms with Gasteiger partial charge in [-0.25, -0.2) is 9.97 Å². The predicted octanol–water partition coefficient (Wildman–Crippen LogP) is 2.26. The van der Waals surface area contributed by atoms with E-state index in [2.05, 4.69) is 9.97 Å². The maximum atomic E-state index is 12.3. The zero-order valence-corrected chi connectivity index (χ0v) is 8.41. The lowest BCUT2D eigenvalue weighted by Crippen LogP contribution is -2.28. The third-order valence-electron chi connectivity index (χ3n) is 2.31. The number of halogens is 3. The average Bonchev–Trinajstić information content (AvgIpc) is 2.29. The number of hydrogen-bond donors (Lipinski definition) is 0. The van der Waals surface area contributed by atoms with Crippen LogP contribution < -0.4 is 4.90 Å². The number of rotatable bonds is 1. The lowest BCUT2D eigenvalue weighted by Gasteiger charge is -2.23. The van der Waals surface area contributed by atoms with Crippen LogP contribution in [0.25, 0.3) is 0 Å². The first-order valence-corrected chi connectivity index (χ1v) is 4.86. The van der Waals surface area contributed by atoms with Crippen LogP contribution in [-0.4, -0.2) is 23.1 Å². The van der Waals surface area contributed by atoms with E-state index >= 15 is 0 Å². The van der Waals surface area contributed by atoms with Crippen LogP contribution in [0.15, 0.2) is 24.5 Å². The van der Waals surface area contributed by atoms with Gasteiger partial charge in [-0.2, -0.15) is 13.2 Å². The van der Waals surface area contributed by atoms with Crippen LogP contribution in [0, 0.1) is 0 Å². The van der Waals surface area contributed by atoms with E-state index in [0.29, 0.717) is 12.5 Å². The molecule has 0 saturated carbocycles. The van der Waals surface area contributed by atoms with Gasteiger partial charge in [0.05, 0.1) is 5.56 Å². The number of aromatic nitrogens is 2. The fraction of sp³-hybridized carbons (Fsp3) is 0.400. The van der Waals surface area contributed by atoms with Crippen LogP contribution >= 0.6 is 0 Å². The minimum Gasteiger partial charge on any atom is -0.337 e. The summed E-state index contributed by atoms with van der Waals surface area (Å²) in [6.07, 6.45) is 2.11. The molecule has 0 radical (unpaired) electrons. The van der Waals surface area contributed by atoms with Crippen molar-refractivity contribution in [2.24, 2.45) is 0 Å². The zero-order valence-electron chi connectivity index (χ0n) is 8.41. The fourth-order valence-electron chi connectivity index (χ4n) is 1.45. The highest BCUT2D eigenvalue weighted by Gasteiger charge is 2.31. The van der Waals surface area contributed by atoms with Gasteiger partial charge in [0, 0.05) is 25.5 Å². The van der Waals surface area contributed by atoms with E-state index < -0.39 is 11.7 Å². The van der Waals surface area contributed by atoms with Crippen LogP contribution in [0.1, 0.15) is 12.0 Å². The Bertz CT molecular complexity index is 383. The third-order valence-corrected chi connectivity index (χ3v) is 2.31. The molecule has 1 aromatic rings. The normalized spacial score (nSPS) is 16.6. The second-order valence-corrected chi connectivity index (χ2v) is 3.48.